The van der Waals surface area contributed by atoms with Gasteiger partial charge in [0.1, 0.15) is 12.1 Å². The van der Waals surface area contributed by atoms with Gasteiger partial charge in [-0.1, -0.05) is 0 Å². The number of hydrogen-bond donors (Lipinski definition) is 1. The van der Waals surface area contributed by atoms with E-state index in [2.05, 4.69) is 10.3 Å². The topological polar surface area (TPSA) is 63.3 Å². The second-order valence-corrected chi connectivity index (χ2v) is 4.15. The van der Waals surface area contributed by atoms with Gasteiger partial charge in [0.25, 0.3) is 0 Å². The zero-order chi connectivity index (χ0) is 13.0. The lowest BCUT2D eigenvalue weighted by atomic mass is 10.2. The molecule has 0 spiro atoms. The molecule has 2 aromatic heterocycles. The summed E-state index contributed by atoms with van der Waals surface area (Å²) in [5, 5.41) is 2.84. The second-order valence-electron chi connectivity index (χ2n) is 4.15. The van der Waals surface area contributed by atoms with E-state index in [0.717, 1.165) is 5.76 Å². The van der Waals surface area contributed by atoms with Gasteiger partial charge in [-0.15, -0.1) is 0 Å². The first-order valence-electron chi connectivity index (χ1n) is 5.64. The molecule has 0 aromatic carbocycles. The zero-order valence-electron chi connectivity index (χ0n) is 10.4. The molecule has 18 heavy (non-hydrogen) atoms. The number of amides is 1. The first-order chi connectivity index (χ1) is 8.68. The molecule has 1 amide bonds. The van der Waals surface area contributed by atoms with Crippen LogP contribution in [0.4, 0.5) is 4.79 Å². The Balaban J connectivity index is 1.97. The van der Waals surface area contributed by atoms with Crippen molar-refractivity contribution in [2.45, 2.75) is 6.04 Å². The Bertz CT molecular complexity index is 476. The maximum atomic E-state index is 11.8. The van der Waals surface area contributed by atoms with Crippen LogP contribution in [0.3, 0.4) is 0 Å². The highest BCUT2D eigenvalue weighted by atomic mass is 16.3. The molecule has 1 unspecified atom stereocenters. The third-order valence-corrected chi connectivity index (χ3v) is 2.68. The van der Waals surface area contributed by atoms with Gasteiger partial charge in [-0.2, -0.15) is 0 Å². The Morgan fingerprint density at radius 3 is 3.00 bits per heavy atom. The van der Waals surface area contributed by atoms with Crippen LogP contribution in [0.5, 0.6) is 0 Å². The van der Waals surface area contributed by atoms with Crippen molar-refractivity contribution in [3.63, 3.8) is 0 Å². The maximum Gasteiger partial charge on any atom is 0.326 e. The maximum absolute atomic E-state index is 11.8. The number of hydrogen-bond acceptors (Lipinski definition) is 4. The van der Waals surface area contributed by atoms with E-state index in [9.17, 15) is 4.79 Å². The predicted molar refractivity (Wildman–Crippen MR) is 66.2 cm³/mol. The lowest BCUT2D eigenvalue weighted by Gasteiger charge is -2.22. The number of furan rings is 1. The van der Waals surface area contributed by atoms with Crippen LogP contribution in [0.1, 0.15) is 11.8 Å². The van der Waals surface area contributed by atoms with Crippen molar-refractivity contribution in [2.75, 3.05) is 20.6 Å². The quantitative estimate of drug-likeness (QED) is 0.886. The Hall–Kier alpha value is -2.08. The van der Waals surface area contributed by atoms with Crippen molar-refractivity contribution >= 4 is 6.03 Å². The minimum Gasteiger partial charge on any atom is -0.468 e. The van der Waals surface area contributed by atoms with E-state index < -0.39 is 0 Å². The predicted octanol–water partition coefficient (Wildman–Crippen LogP) is 1.34. The number of nitrogens with zero attached hydrogens (tertiary/aromatic N) is 3. The summed E-state index contributed by atoms with van der Waals surface area (Å²) < 4.78 is 6.77. The lowest BCUT2D eigenvalue weighted by Crippen LogP contribution is -2.36. The molecule has 2 aromatic rings. The number of likely N-dealkylation sites (N-methyl/N-ethyl adjacent to an activating group) is 1. The molecule has 96 valence electrons. The summed E-state index contributed by atoms with van der Waals surface area (Å²) in [6.07, 6.45) is 6.26. The highest BCUT2D eigenvalue weighted by Crippen LogP contribution is 2.17. The molecule has 2 rings (SSSR count). The van der Waals surface area contributed by atoms with Gasteiger partial charge in [0.2, 0.25) is 0 Å². The molecule has 1 atom stereocenters. The van der Waals surface area contributed by atoms with Gasteiger partial charge >= 0.3 is 6.03 Å². The molecule has 0 aliphatic heterocycles. The summed E-state index contributed by atoms with van der Waals surface area (Å²) in [6.45, 7) is 0.470. The normalized spacial score (nSPS) is 12.6. The molecule has 0 aliphatic carbocycles. The van der Waals surface area contributed by atoms with Crippen LogP contribution in [-0.4, -0.2) is 41.1 Å². The number of imidazole rings is 1. The van der Waals surface area contributed by atoms with Crippen molar-refractivity contribution in [2.24, 2.45) is 0 Å². The summed E-state index contributed by atoms with van der Waals surface area (Å²) in [7, 11) is 3.88. The van der Waals surface area contributed by atoms with Crippen LogP contribution < -0.4 is 5.32 Å². The van der Waals surface area contributed by atoms with Crippen molar-refractivity contribution in [3.05, 3.63) is 42.9 Å². The van der Waals surface area contributed by atoms with Gasteiger partial charge in [0.05, 0.1) is 12.3 Å². The molecule has 2 heterocycles. The van der Waals surface area contributed by atoms with E-state index >= 15 is 0 Å². The number of carbonyl (C=O) groups excluding carboxylic acids is 1. The van der Waals surface area contributed by atoms with Gasteiger partial charge in [-0.25, -0.2) is 9.78 Å². The van der Waals surface area contributed by atoms with Gasteiger partial charge < -0.3 is 9.73 Å². The fourth-order valence-electron chi connectivity index (χ4n) is 1.67. The van der Waals surface area contributed by atoms with Gasteiger partial charge in [0.15, 0.2) is 0 Å². The van der Waals surface area contributed by atoms with Crippen LogP contribution in [0.15, 0.2) is 41.5 Å². The molecule has 6 nitrogen and oxygen atoms in total. The van der Waals surface area contributed by atoms with Crippen molar-refractivity contribution in [3.8, 4) is 0 Å². The molecular weight excluding hydrogens is 232 g/mol. The van der Waals surface area contributed by atoms with Gasteiger partial charge in [-0.05, 0) is 26.2 Å². The first kappa shape index (κ1) is 12.4. The summed E-state index contributed by atoms with van der Waals surface area (Å²) >= 11 is 0. The standard InChI is InChI=1S/C12H16N4O2/c1-15(2)10(11-4-3-7-18-11)8-14-12(17)16-6-5-13-9-16/h3-7,9-10H,8H2,1-2H3,(H,14,17). The summed E-state index contributed by atoms with van der Waals surface area (Å²) in [5.41, 5.74) is 0. The van der Waals surface area contributed by atoms with Gasteiger partial charge in [-0.3, -0.25) is 9.47 Å². The second kappa shape index (κ2) is 5.50. The zero-order valence-corrected chi connectivity index (χ0v) is 10.4. The van der Waals surface area contributed by atoms with Crippen LogP contribution in [0.2, 0.25) is 0 Å². The van der Waals surface area contributed by atoms with Crippen molar-refractivity contribution in [1.29, 1.82) is 0 Å². The highest BCUT2D eigenvalue weighted by molar-refractivity contribution is 5.76. The Morgan fingerprint density at radius 1 is 1.61 bits per heavy atom. The average Bonchev–Trinajstić information content (AvgIpc) is 3.01. The summed E-state index contributed by atoms with van der Waals surface area (Å²) in [5.74, 6) is 0.825. The van der Waals surface area contributed by atoms with Crippen molar-refractivity contribution in [1.82, 2.24) is 19.8 Å². The van der Waals surface area contributed by atoms with Crippen LogP contribution in [0.25, 0.3) is 0 Å². The van der Waals surface area contributed by atoms with E-state index in [4.69, 9.17) is 4.42 Å². The van der Waals surface area contributed by atoms with E-state index in [1.54, 1.807) is 18.7 Å². The summed E-state index contributed by atoms with van der Waals surface area (Å²) in [4.78, 5) is 17.6. The molecular formula is C12H16N4O2. The number of nitrogens with one attached hydrogen (secondary N) is 1. The third kappa shape index (κ3) is 2.78. The monoisotopic (exact) mass is 248 g/mol. The smallest absolute Gasteiger partial charge is 0.326 e. The fourth-order valence-corrected chi connectivity index (χ4v) is 1.67. The van der Waals surface area contributed by atoms with E-state index in [1.165, 1.54) is 10.9 Å². The molecule has 1 N–H and O–H groups in total. The number of aromatic nitrogens is 2. The minimum absolute atomic E-state index is 0.00692. The molecule has 0 saturated carbocycles. The Kier molecular flexibility index (Phi) is 3.78. The SMILES string of the molecule is CN(C)C(CNC(=O)n1ccnc1)c1ccco1. The van der Waals surface area contributed by atoms with E-state index in [-0.39, 0.29) is 12.1 Å². The summed E-state index contributed by atoms with van der Waals surface area (Å²) in [6, 6.07) is 3.54. The van der Waals surface area contributed by atoms with Crippen LogP contribution in [-0.2, 0) is 0 Å². The fraction of sp³-hybridized carbons (Fsp3) is 0.333. The first-order valence-corrected chi connectivity index (χ1v) is 5.64. The van der Waals surface area contributed by atoms with Crippen LogP contribution >= 0.6 is 0 Å². The van der Waals surface area contributed by atoms with E-state index in [0.29, 0.717) is 6.54 Å². The van der Waals surface area contributed by atoms with E-state index in [1.807, 2.05) is 31.1 Å². The molecule has 0 bridgehead atoms. The Morgan fingerprint density at radius 2 is 2.44 bits per heavy atom. The molecule has 0 aliphatic rings. The highest BCUT2D eigenvalue weighted by Gasteiger charge is 2.17. The third-order valence-electron chi connectivity index (χ3n) is 2.68. The lowest BCUT2D eigenvalue weighted by molar-refractivity contribution is 0.226. The minimum atomic E-state index is -0.203. The molecule has 0 radical (unpaired) electrons. The van der Waals surface area contributed by atoms with Crippen LogP contribution in [0, 0.1) is 0 Å². The molecule has 0 fully saturated rings. The average molecular weight is 248 g/mol. The molecule has 6 heteroatoms. The number of carbonyl (C=O) groups is 1. The number of rotatable bonds is 4. The Labute approximate surface area is 105 Å². The van der Waals surface area contributed by atoms with Crippen molar-refractivity contribution < 1.29 is 9.21 Å². The van der Waals surface area contributed by atoms with Gasteiger partial charge in [0, 0.05) is 18.9 Å². The molecule has 0 saturated heterocycles. The largest absolute Gasteiger partial charge is 0.468 e.